The van der Waals surface area contributed by atoms with Gasteiger partial charge in [0.25, 0.3) is 0 Å². The lowest BCUT2D eigenvalue weighted by atomic mass is 9.73. The predicted molar refractivity (Wildman–Crippen MR) is 82.4 cm³/mol. The quantitative estimate of drug-likeness (QED) is 0.712. The molecule has 0 spiro atoms. The molecule has 2 rings (SSSR count). The first-order valence-electron chi connectivity index (χ1n) is 8.38. The summed E-state index contributed by atoms with van der Waals surface area (Å²) in [5.74, 6) is 1.46. The van der Waals surface area contributed by atoms with Crippen LogP contribution in [-0.4, -0.2) is 42.5 Å². The van der Waals surface area contributed by atoms with Gasteiger partial charge in [-0.2, -0.15) is 0 Å². The van der Waals surface area contributed by atoms with Gasteiger partial charge in [0.1, 0.15) is 0 Å². The van der Waals surface area contributed by atoms with Crippen LogP contribution in [0.15, 0.2) is 0 Å². The second kappa shape index (κ2) is 6.90. The summed E-state index contributed by atoms with van der Waals surface area (Å²) in [7, 11) is 0. The maximum atomic E-state index is 12.0. The zero-order valence-corrected chi connectivity index (χ0v) is 13.2. The first-order chi connectivity index (χ1) is 9.61. The van der Waals surface area contributed by atoms with Crippen molar-refractivity contribution >= 4 is 5.91 Å². The molecular formula is C16H31N3O. The van der Waals surface area contributed by atoms with Gasteiger partial charge < -0.3 is 16.0 Å². The van der Waals surface area contributed by atoms with Gasteiger partial charge in [-0.3, -0.25) is 4.79 Å². The molecule has 0 aliphatic heterocycles. The molecule has 1 amide bonds. The Morgan fingerprint density at radius 1 is 1.25 bits per heavy atom. The molecule has 2 atom stereocenters. The van der Waals surface area contributed by atoms with Crippen molar-refractivity contribution in [1.29, 1.82) is 0 Å². The molecule has 2 saturated carbocycles. The minimum Gasteiger partial charge on any atom is -0.368 e. The smallest absolute Gasteiger partial charge is 0.237 e. The molecular weight excluding hydrogens is 250 g/mol. The molecule has 0 aromatic carbocycles. The van der Waals surface area contributed by atoms with Crippen LogP contribution in [0, 0.1) is 11.8 Å². The van der Waals surface area contributed by atoms with Gasteiger partial charge in [0.2, 0.25) is 5.91 Å². The number of rotatable bonds is 8. The van der Waals surface area contributed by atoms with Crippen molar-refractivity contribution in [3.63, 3.8) is 0 Å². The van der Waals surface area contributed by atoms with E-state index >= 15 is 0 Å². The van der Waals surface area contributed by atoms with Crippen molar-refractivity contribution in [3.05, 3.63) is 0 Å². The van der Waals surface area contributed by atoms with Gasteiger partial charge in [-0.05, 0) is 50.6 Å². The molecule has 20 heavy (non-hydrogen) atoms. The molecule has 3 N–H and O–H groups in total. The average Bonchev–Trinajstić information content (AvgIpc) is 3.28. The highest BCUT2D eigenvalue weighted by molar-refractivity contribution is 5.84. The van der Waals surface area contributed by atoms with Crippen molar-refractivity contribution in [2.45, 2.75) is 57.9 Å². The molecule has 4 nitrogen and oxygen atoms in total. The van der Waals surface area contributed by atoms with Gasteiger partial charge in [-0.25, -0.2) is 0 Å². The first-order valence-corrected chi connectivity index (χ1v) is 8.38. The third-order valence-electron chi connectivity index (χ3n) is 5.34. The lowest BCUT2D eigenvalue weighted by Gasteiger charge is -2.40. The zero-order chi connectivity index (χ0) is 14.6. The van der Waals surface area contributed by atoms with Crippen LogP contribution in [0.5, 0.6) is 0 Å². The van der Waals surface area contributed by atoms with Crippen LogP contribution in [-0.2, 0) is 4.79 Å². The molecule has 0 radical (unpaired) electrons. The van der Waals surface area contributed by atoms with Gasteiger partial charge in [0.15, 0.2) is 0 Å². The third-order valence-corrected chi connectivity index (χ3v) is 5.34. The van der Waals surface area contributed by atoms with E-state index in [1.165, 1.54) is 19.3 Å². The van der Waals surface area contributed by atoms with Crippen LogP contribution in [0.1, 0.15) is 52.4 Å². The van der Waals surface area contributed by atoms with E-state index in [1.807, 2.05) is 0 Å². The van der Waals surface area contributed by atoms with Gasteiger partial charge in [-0.15, -0.1) is 0 Å². The number of nitrogens with one attached hydrogen (secondary N) is 1. The van der Waals surface area contributed by atoms with Crippen molar-refractivity contribution in [2.24, 2.45) is 17.6 Å². The number of carbonyl (C=O) groups is 1. The van der Waals surface area contributed by atoms with Crippen molar-refractivity contribution in [3.8, 4) is 0 Å². The molecule has 2 aliphatic rings. The third kappa shape index (κ3) is 3.73. The van der Waals surface area contributed by atoms with Crippen LogP contribution < -0.4 is 11.1 Å². The predicted octanol–water partition coefficient (Wildman–Crippen LogP) is 1.74. The molecule has 0 aromatic rings. The Morgan fingerprint density at radius 2 is 1.95 bits per heavy atom. The summed E-state index contributed by atoms with van der Waals surface area (Å²) in [5.41, 5.74) is 5.32. The number of nitrogens with zero attached hydrogens (tertiary/aromatic N) is 1. The molecule has 2 aliphatic carbocycles. The summed E-state index contributed by atoms with van der Waals surface area (Å²) in [6.45, 7) is 8.34. The fourth-order valence-electron chi connectivity index (χ4n) is 3.75. The largest absolute Gasteiger partial charge is 0.368 e. The standard InChI is InChI=1S/C16H31N3O/c1-3-19(4-2)11-10-18-16(15(17)20)9-5-6-14(12-16)13-7-8-13/h13-14,18H,3-12H2,1-2H3,(H2,17,20). The van der Waals surface area contributed by atoms with Gasteiger partial charge in [-0.1, -0.05) is 26.7 Å². The Morgan fingerprint density at radius 3 is 2.50 bits per heavy atom. The van der Waals surface area contributed by atoms with Crippen LogP contribution in [0.3, 0.4) is 0 Å². The Hall–Kier alpha value is -0.610. The lowest BCUT2D eigenvalue weighted by Crippen LogP contribution is -2.59. The summed E-state index contributed by atoms with van der Waals surface area (Å²) in [6.07, 6.45) is 7.03. The summed E-state index contributed by atoms with van der Waals surface area (Å²) >= 11 is 0. The molecule has 4 heteroatoms. The lowest BCUT2D eigenvalue weighted by molar-refractivity contribution is -0.126. The second-order valence-corrected chi connectivity index (χ2v) is 6.59. The minimum absolute atomic E-state index is 0.137. The van der Waals surface area contributed by atoms with E-state index in [2.05, 4.69) is 24.1 Å². The number of primary amides is 1. The number of amides is 1. The SMILES string of the molecule is CCN(CC)CCNC1(C(N)=O)CCCC(C2CC2)C1. The monoisotopic (exact) mass is 281 g/mol. The molecule has 0 bridgehead atoms. The topological polar surface area (TPSA) is 58.4 Å². The number of hydrogen-bond acceptors (Lipinski definition) is 3. The summed E-state index contributed by atoms with van der Waals surface area (Å²) in [6, 6.07) is 0. The Labute approximate surface area is 123 Å². The average molecular weight is 281 g/mol. The number of likely N-dealkylation sites (N-methyl/N-ethyl adjacent to an activating group) is 1. The summed E-state index contributed by atoms with van der Waals surface area (Å²) in [4.78, 5) is 14.4. The maximum absolute atomic E-state index is 12.0. The zero-order valence-electron chi connectivity index (χ0n) is 13.2. The fraction of sp³-hybridized carbons (Fsp3) is 0.938. The highest BCUT2D eigenvalue weighted by Gasteiger charge is 2.45. The van der Waals surface area contributed by atoms with Crippen molar-refractivity contribution in [1.82, 2.24) is 10.2 Å². The fourth-order valence-corrected chi connectivity index (χ4v) is 3.75. The first kappa shape index (κ1) is 15.8. The Bertz CT molecular complexity index is 326. The van der Waals surface area contributed by atoms with Crippen molar-refractivity contribution in [2.75, 3.05) is 26.2 Å². The maximum Gasteiger partial charge on any atom is 0.237 e. The molecule has 2 unspecified atom stereocenters. The second-order valence-electron chi connectivity index (χ2n) is 6.59. The van der Waals surface area contributed by atoms with Crippen LogP contribution >= 0.6 is 0 Å². The van der Waals surface area contributed by atoms with E-state index < -0.39 is 5.54 Å². The molecule has 0 heterocycles. The number of hydrogen-bond donors (Lipinski definition) is 2. The molecule has 116 valence electrons. The van der Waals surface area contributed by atoms with Crippen LogP contribution in [0.25, 0.3) is 0 Å². The minimum atomic E-state index is -0.432. The molecule has 2 fully saturated rings. The summed E-state index contributed by atoms with van der Waals surface area (Å²) < 4.78 is 0. The molecule has 0 aromatic heterocycles. The highest BCUT2D eigenvalue weighted by atomic mass is 16.1. The van der Waals surface area contributed by atoms with Crippen LogP contribution in [0.2, 0.25) is 0 Å². The summed E-state index contributed by atoms with van der Waals surface area (Å²) in [5, 5.41) is 3.53. The number of nitrogens with two attached hydrogens (primary N) is 1. The van der Waals surface area contributed by atoms with E-state index in [0.717, 1.165) is 57.3 Å². The van der Waals surface area contributed by atoms with Gasteiger partial charge >= 0.3 is 0 Å². The molecule has 0 saturated heterocycles. The van der Waals surface area contributed by atoms with E-state index in [0.29, 0.717) is 0 Å². The number of carbonyl (C=O) groups excluding carboxylic acids is 1. The van der Waals surface area contributed by atoms with Gasteiger partial charge in [0.05, 0.1) is 5.54 Å². The van der Waals surface area contributed by atoms with E-state index in [9.17, 15) is 4.79 Å². The Kier molecular flexibility index (Phi) is 5.44. The van der Waals surface area contributed by atoms with Crippen molar-refractivity contribution < 1.29 is 4.79 Å². The normalized spacial score (nSPS) is 30.6. The van der Waals surface area contributed by atoms with E-state index in [-0.39, 0.29) is 5.91 Å². The van der Waals surface area contributed by atoms with E-state index in [1.54, 1.807) is 0 Å². The van der Waals surface area contributed by atoms with Gasteiger partial charge in [0, 0.05) is 13.1 Å². The van der Waals surface area contributed by atoms with E-state index in [4.69, 9.17) is 5.73 Å². The Balaban J connectivity index is 1.89. The highest BCUT2D eigenvalue weighted by Crippen LogP contribution is 2.46. The van der Waals surface area contributed by atoms with Crippen LogP contribution in [0.4, 0.5) is 0 Å².